The van der Waals surface area contributed by atoms with E-state index in [4.69, 9.17) is 9.26 Å². The van der Waals surface area contributed by atoms with Gasteiger partial charge in [0.05, 0.1) is 17.2 Å². The lowest BCUT2D eigenvalue weighted by molar-refractivity contribution is 0.0940. The van der Waals surface area contributed by atoms with Crippen LogP contribution in [0, 0.1) is 0 Å². The number of nitrogens with one attached hydrogen (secondary N) is 1. The molecule has 28 heavy (non-hydrogen) atoms. The van der Waals surface area contributed by atoms with Crippen LogP contribution in [-0.2, 0) is 13.2 Å². The van der Waals surface area contributed by atoms with Crippen LogP contribution in [0.1, 0.15) is 64.0 Å². The molecule has 0 aliphatic rings. The SMILES string of the molecule is CC(=O)c1ccc(OCc2cc(C(=O)NCc3csc(C(C)C)n3)no2)cc1. The Bertz CT molecular complexity index is 960. The van der Waals surface area contributed by atoms with E-state index in [-0.39, 0.29) is 24.0 Å². The monoisotopic (exact) mass is 399 g/mol. The van der Waals surface area contributed by atoms with Gasteiger partial charge in [-0.25, -0.2) is 4.98 Å². The predicted octanol–water partition coefficient (Wildman–Crippen LogP) is 3.97. The molecule has 146 valence electrons. The zero-order chi connectivity index (χ0) is 20.1. The van der Waals surface area contributed by atoms with Crippen molar-refractivity contribution in [2.75, 3.05) is 0 Å². The first-order valence-corrected chi connectivity index (χ1v) is 9.72. The molecule has 0 fully saturated rings. The maximum absolute atomic E-state index is 12.2. The van der Waals surface area contributed by atoms with Crippen molar-refractivity contribution in [1.82, 2.24) is 15.5 Å². The van der Waals surface area contributed by atoms with E-state index in [1.54, 1.807) is 41.7 Å². The van der Waals surface area contributed by atoms with E-state index in [9.17, 15) is 9.59 Å². The summed E-state index contributed by atoms with van der Waals surface area (Å²) >= 11 is 1.58. The second-order valence-corrected chi connectivity index (χ2v) is 7.45. The van der Waals surface area contributed by atoms with Crippen molar-refractivity contribution in [3.63, 3.8) is 0 Å². The van der Waals surface area contributed by atoms with Crippen LogP contribution in [0.4, 0.5) is 0 Å². The van der Waals surface area contributed by atoms with E-state index in [2.05, 4.69) is 29.3 Å². The molecule has 0 bridgehead atoms. The van der Waals surface area contributed by atoms with Crippen LogP contribution < -0.4 is 10.1 Å². The third kappa shape index (κ3) is 5.04. The van der Waals surface area contributed by atoms with E-state index < -0.39 is 0 Å². The average molecular weight is 399 g/mol. The summed E-state index contributed by atoms with van der Waals surface area (Å²) in [6.45, 7) is 6.14. The number of benzene rings is 1. The summed E-state index contributed by atoms with van der Waals surface area (Å²) in [7, 11) is 0. The quantitative estimate of drug-likeness (QED) is 0.576. The van der Waals surface area contributed by atoms with E-state index in [1.165, 1.54) is 6.92 Å². The van der Waals surface area contributed by atoms with Gasteiger partial charge in [0.25, 0.3) is 5.91 Å². The third-order valence-electron chi connectivity index (χ3n) is 3.93. The van der Waals surface area contributed by atoms with Crippen molar-refractivity contribution < 1.29 is 18.8 Å². The van der Waals surface area contributed by atoms with Crippen molar-refractivity contribution in [1.29, 1.82) is 0 Å². The number of hydrogen-bond acceptors (Lipinski definition) is 7. The van der Waals surface area contributed by atoms with Crippen molar-refractivity contribution in [3.05, 3.63) is 63.4 Å². The number of nitrogens with zero attached hydrogens (tertiary/aromatic N) is 2. The third-order valence-corrected chi connectivity index (χ3v) is 5.12. The van der Waals surface area contributed by atoms with Gasteiger partial charge in [-0.3, -0.25) is 9.59 Å². The molecule has 3 rings (SSSR count). The minimum absolute atomic E-state index is 0.00415. The van der Waals surface area contributed by atoms with E-state index in [0.29, 0.717) is 29.5 Å². The number of carbonyl (C=O) groups excluding carboxylic acids is 2. The van der Waals surface area contributed by atoms with Crippen LogP contribution in [0.25, 0.3) is 0 Å². The standard InChI is InChI=1S/C20H21N3O4S/c1-12(2)20-22-15(11-28-20)9-21-19(25)18-8-17(27-23-18)10-26-16-6-4-14(5-7-16)13(3)24/h4-8,11-12H,9-10H2,1-3H3,(H,21,25). The van der Waals surface area contributed by atoms with Gasteiger partial charge in [-0.2, -0.15) is 0 Å². The summed E-state index contributed by atoms with van der Waals surface area (Å²) in [4.78, 5) is 28.0. The second-order valence-electron chi connectivity index (χ2n) is 6.56. The highest BCUT2D eigenvalue weighted by molar-refractivity contribution is 7.09. The normalized spacial score (nSPS) is 10.9. The van der Waals surface area contributed by atoms with Crippen molar-refractivity contribution in [3.8, 4) is 5.75 Å². The lowest BCUT2D eigenvalue weighted by atomic mass is 10.1. The van der Waals surface area contributed by atoms with Crippen molar-refractivity contribution in [2.45, 2.75) is 39.8 Å². The van der Waals surface area contributed by atoms with E-state index in [0.717, 1.165) is 10.7 Å². The lowest BCUT2D eigenvalue weighted by Gasteiger charge is -2.03. The Morgan fingerprint density at radius 1 is 1.25 bits per heavy atom. The fourth-order valence-electron chi connectivity index (χ4n) is 2.36. The number of aromatic nitrogens is 2. The molecule has 0 saturated heterocycles. The number of rotatable bonds is 8. The number of Topliss-reactive ketones (excluding diaryl/α,β-unsaturated/α-hetero) is 1. The molecule has 3 aromatic rings. The fraction of sp³-hybridized carbons (Fsp3) is 0.300. The molecular formula is C20H21N3O4S. The fourth-order valence-corrected chi connectivity index (χ4v) is 3.19. The Morgan fingerprint density at radius 3 is 2.64 bits per heavy atom. The molecule has 7 nitrogen and oxygen atoms in total. The van der Waals surface area contributed by atoms with Crippen molar-refractivity contribution in [2.24, 2.45) is 0 Å². The first-order chi connectivity index (χ1) is 13.4. The van der Waals surface area contributed by atoms with Crippen LogP contribution in [0.5, 0.6) is 5.75 Å². The molecular weight excluding hydrogens is 378 g/mol. The number of thiazole rings is 1. The molecule has 1 aromatic carbocycles. The summed E-state index contributed by atoms with van der Waals surface area (Å²) in [5.74, 6) is 1.05. The van der Waals surface area contributed by atoms with Gasteiger partial charge < -0.3 is 14.6 Å². The smallest absolute Gasteiger partial charge is 0.273 e. The minimum atomic E-state index is -0.333. The van der Waals surface area contributed by atoms with Crippen LogP contribution in [0.2, 0.25) is 0 Å². The summed E-state index contributed by atoms with van der Waals surface area (Å²) in [5, 5.41) is 9.55. The van der Waals surface area contributed by atoms with Crippen LogP contribution >= 0.6 is 11.3 Å². The summed E-state index contributed by atoms with van der Waals surface area (Å²) in [5.41, 5.74) is 1.62. The minimum Gasteiger partial charge on any atom is -0.486 e. The summed E-state index contributed by atoms with van der Waals surface area (Å²) in [6.07, 6.45) is 0. The Morgan fingerprint density at radius 2 is 2.00 bits per heavy atom. The second kappa shape index (κ2) is 8.79. The Kier molecular flexibility index (Phi) is 6.20. The van der Waals surface area contributed by atoms with Gasteiger partial charge in [-0.05, 0) is 31.2 Å². The van der Waals surface area contributed by atoms with E-state index in [1.807, 2.05) is 5.38 Å². The topological polar surface area (TPSA) is 94.3 Å². The number of hydrogen-bond donors (Lipinski definition) is 1. The molecule has 0 aliphatic carbocycles. The Balaban J connectivity index is 1.51. The summed E-state index contributed by atoms with van der Waals surface area (Å²) in [6, 6.07) is 8.35. The van der Waals surface area contributed by atoms with Gasteiger partial charge >= 0.3 is 0 Å². The highest BCUT2D eigenvalue weighted by Gasteiger charge is 2.14. The van der Waals surface area contributed by atoms with Gasteiger partial charge in [0, 0.05) is 22.9 Å². The molecule has 1 N–H and O–H groups in total. The lowest BCUT2D eigenvalue weighted by Crippen LogP contribution is -2.23. The molecule has 2 aromatic heterocycles. The first-order valence-electron chi connectivity index (χ1n) is 8.84. The molecule has 0 spiro atoms. The number of carbonyl (C=O) groups is 2. The number of amides is 1. The first kappa shape index (κ1) is 19.8. The van der Waals surface area contributed by atoms with Gasteiger partial charge in [0.2, 0.25) is 0 Å². The van der Waals surface area contributed by atoms with Gasteiger partial charge in [0.15, 0.2) is 17.2 Å². The molecule has 8 heteroatoms. The molecule has 0 saturated carbocycles. The molecule has 0 aliphatic heterocycles. The molecule has 0 unspecified atom stereocenters. The van der Waals surface area contributed by atoms with Gasteiger partial charge in [-0.1, -0.05) is 19.0 Å². The highest BCUT2D eigenvalue weighted by atomic mass is 32.1. The predicted molar refractivity (Wildman–Crippen MR) is 105 cm³/mol. The highest BCUT2D eigenvalue weighted by Crippen LogP contribution is 2.19. The van der Waals surface area contributed by atoms with Crippen LogP contribution in [0.15, 0.2) is 40.2 Å². The molecule has 0 radical (unpaired) electrons. The van der Waals surface area contributed by atoms with Gasteiger partial charge in [0.1, 0.15) is 12.4 Å². The van der Waals surface area contributed by atoms with Crippen LogP contribution in [0.3, 0.4) is 0 Å². The molecule has 0 atom stereocenters. The maximum Gasteiger partial charge on any atom is 0.273 e. The summed E-state index contributed by atoms with van der Waals surface area (Å²) < 4.78 is 10.7. The largest absolute Gasteiger partial charge is 0.486 e. The van der Waals surface area contributed by atoms with E-state index >= 15 is 0 Å². The zero-order valence-corrected chi connectivity index (χ0v) is 16.7. The molecule has 2 heterocycles. The Labute approximate surface area is 166 Å². The zero-order valence-electron chi connectivity index (χ0n) is 15.9. The van der Waals surface area contributed by atoms with Crippen LogP contribution in [-0.4, -0.2) is 21.8 Å². The van der Waals surface area contributed by atoms with Crippen molar-refractivity contribution >= 4 is 23.0 Å². The maximum atomic E-state index is 12.2. The van der Waals surface area contributed by atoms with Gasteiger partial charge in [-0.15, -0.1) is 11.3 Å². The number of ketones is 1. The molecule has 1 amide bonds. The Hall–Kier alpha value is -3.00. The average Bonchev–Trinajstić information content (AvgIpc) is 3.34. The number of ether oxygens (including phenoxy) is 1.